The zero-order chi connectivity index (χ0) is 15.0. The van der Waals surface area contributed by atoms with Crippen molar-refractivity contribution >= 4 is 0 Å². The van der Waals surface area contributed by atoms with E-state index in [0.717, 1.165) is 24.5 Å². The lowest BCUT2D eigenvalue weighted by Crippen LogP contribution is -2.45. The van der Waals surface area contributed by atoms with Crippen molar-refractivity contribution in [3.63, 3.8) is 0 Å². The maximum Gasteiger partial charge on any atom is 0.0223 e. The molecule has 0 bridgehead atoms. The summed E-state index contributed by atoms with van der Waals surface area (Å²) in [6.45, 7) is 15.4. The van der Waals surface area contributed by atoms with E-state index in [-0.39, 0.29) is 0 Å². The van der Waals surface area contributed by atoms with E-state index in [9.17, 15) is 0 Å². The molecule has 20 heavy (non-hydrogen) atoms. The van der Waals surface area contributed by atoms with Crippen molar-refractivity contribution in [1.29, 1.82) is 0 Å². The van der Waals surface area contributed by atoms with Crippen molar-refractivity contribution in [2.45, 2.75) is 65.5 Å². The molecule has 0 spiro atoms. The van der Waals surface area contributed by atoms with Crippen LogP contribution in [0.2, 0.25) is 0 Å². The highest BCUT2D eigenvalue weighted by Gasteiger charge is 2.25. The van der Waals surface area contributed by atoms with E-state index in [4.69, 9.17) is 0 Å². The summed E-state index contributed by atoms with van der Waals surface area (Å²) in [6.07, 6.45) is 5.23. The van der Waals surface area contributed by atoms with E-state index in [1.807, 2.05) is 0 Å². The van der Waals surface area contributed by atoms with Crippen LogP contribution in [0.4, 0.5) is 0 Å². The molecule has 1 N–H and O–H groups in total. The lowest BCUT2D eigenvalue weighted by atomic mass is 10.1. The summed E-state index contributed by atoms with van der Waals surface area (Å²) in [4.78, 5) is 5.27. The molecule has 3 heteroatoms. The summed E-state index contributed by atoms with van der Waals surface area (Å²) >= 11 is 0. The number of likely N-dealkylation sites (N-methyl/N-ethyl adjacent to an activating group) is 1. The molecule has 0 amide bonds. The van der Waals surface area contributed by atoms with Gasteiger partial charge in [0.1, 0.15) is 0 Å². The normalized spacial score (nSPS) is 24.0. The first kappa shape index (κ1) is 17.9. The Labute approximate surface area is 127 Å². The first-order valence-electron chi connectivity index (χ1n) is 8.69. The van der Waals surface area contributed by atoms with Gasteiger partial charge in [-0.1, -0.05) is 20.8 Å². The summed E-state index contributed by atoms with van der Waals surface area (Å²) in [5.41, 5.74) is 0. The van der Waals surface area contributed by atoms with E-state index in [0.29, 0.717) is 0 Å². The average molecular weight is 284 g/mol. The second-order valence-corrected chi connectivity index (χ2v) is 7.00. The van der Waals surface area contributed by atoms with Gasteiger partial charge in [0.25, 0.3) is 0 Å². The molecule has 3 nitrogen and oxygen atoms in total. The lowest BCUT2D eigenvalue weighted by Gasteiger charge is -2.35. The molecule has 0 aromatic rings. The van der Waals surface area contributed by atoms with Gasteiger partial charge in [0.15, 0.2) is 0 Å². The fourth-order valence-electron chi connectivity index (χ4n) is 3.28. The maximum absolute atomic E-state index is 3.56. The third kappa shape index (κ3) is 6.55. The van der Waals surface area contributed by atoms with E-state index < -0.39 is 0 Å². The molecule has 1 aliphatic rings. The van der Waals surface area contributed by atoms with Crippen molar-refractivity contribution in [3.05, 3.63) is 0 Å². The van der Waals surface area contributed by atoms with Gasteiger partial charge in [-0.05, 0) is 71.8 Å². The van der Waals surface area contributed by atoms with E-state index >= 15 is 0 Å². The molecule has 1 aliphatic heterocycles. The molecule has 0 radical (unpaired) electrons. The highest BCUT2D eigenvalue weighted by molar-refractivity contribution is 4.81. The van der Waals surface area contributed by atoms with E-state index in [1.165, 1.54) is 51.9 Å². The van der Waals surface area contributed by atoms with Crippen LogP contribution in [-0.2, 0) is 0 Å². The van der Waals surface area contributed by atoms with Crippen LogP contribution in [0.1, 0.15) is 53.4 Å². The SMILES string of the molecule is CCC1CN(C)CCCN1C(C)CCCNCC(C)C. The van der Waals surface area contributed by atoms with Crippen LogP contribution in [0.25, 0.3) is 0 Å². The minimum atomic E-state index is 0.729. The Balaban J connectivity index is 2.30. The summed E-state index contributed by atoms with van der Waals surface area (Å²) in [5.74, 6) is 0.762. The van der Waals surface area contributed by atoms with Crippen LogP contribution in [0, 0.1) is 5.92 Å². The fourth-order valence-corrected chi connectivity index (χ4v) is 3.28. The van der Waals surface area contributed by atoms with E-state index in [2.05, 4.69) is 49.9 Å². The molecule has 0 aromatic carbocycles. The van der Waals surface area contributed by atoms with Crippen LogP contribution in [-0.4, -0.2) is 61.7 Å². The van der Waals surface area contributed by atoms with Crippen LogP contribution in [0.15, 0.2) is 0 Å². The highest BCUT2D eigenvalue weighted by atomic mass is 15.2. The number of nitrogens with one attached hydrogen (secondary N) is 1. The van der Waals surface area contributed by atoms with Crippen molar-refractivity contribution in [1.82, 2.24) is 15.1 Å². The third-order valence-corrected chi connectivity index (χ3v) is 4.51. The molecule has 0 saturated carbocycles. The van der Waals surface area contributed by atoms with Crippen LogP contribution < -0.4 is 5.32 Å². The Bertz CT molecular complexity index is 242. The predicted molar refractivity (Wildman–Crippen MR) is 89.3 cm³/mol. The van der Waals surface area contributed by atoms with Gasteiger partial charge in [-0.2, -0.15) is 0 Å². The topological polar surface area (TPSA) is 18.5 Å². The second kappa shape index (κ2) is 9.75. The van der Waals surface area contributed by atoms with Gasteiger partial charge in [-0.3, -0.25) is 4.90 Å². The first-order chi connectivity index (χ1) is 9.54. The fraction of sp³-hybridized carbons (Fsp3) is 1.00. The van der Waals surface area contributed by atoms with Crippen LogP contribution >= 0.6 is 0 Å². The number of nitrogens with zero attached hydrogens (tertiary/aromatic N) is 2. The number of rotatable bonds is 8. The summed E-state index contributed by atoms with van der Waals surface area (Å²) < 4.78 is 0. The van der Waals surface area contributed by atoms with Gasteiger partial charge in [0, 0.05) is 18.6 Å². The predicted octanol–water partition coefficient (Wildman–Crippen LogP) is 2.82. The number of hydrogen-bond donors (Lipinski definition) is 1. The molecule has 1 saturated heterocycles. The molecule has 2 unspecified atom stereocenters. The molecule has 1 fully saturated rings. The van der Waals surface area contributed by atoms with Crippen molar-refractivity contribution < 1.29 is 0 Å². The van der Waals surface area contributed by atoms with Gasteiger partial charge < -0.3 is 10.2 Å². The standard InChI is InChI=1S/C17H37N3/c1-6-17-14-19(5)11-8-12-20(17)16(4)9-7-10-18-13-15(2)3/h15-18H,6-14H2,1-5H3. The Morgan fingerprint density at radius 2 is 1.95 bits per heavy atom. The molecular weight excluding hydrogens is 246 g/mol. The Morgan fingerprint density at radius 3 is 2.60 bits per heavy atom. The summed E-state index contributed by atoms with van der Waals surface area (Å²) in [7, 11) is 2.27. The molecule has 1 heterocycles. The quantitative estimate of drug-likeness (QED) is 0.691. The van der Waals surface area contributed by atoms with Gasteiger partial charge in [0.05, 0.1) is 0 Å². The van der Waals surface area contributed by atoms with Crippen LogP contribution in [0.3, 0.4) is 0 Å². The van der Waals surface area contributed by atoms with Crippen molar-refractivity contribution in [2.24, 2.45) is 5.92 Å². The smallest absolute Gasteiger partial charge is 0.0223 e. The molecule has 2 atom stereocenters. The van der Waals surface area contributed by atoms with Gasteiger partial charge in [-0.25, -0.2) is 0 Å². The zero-order valence-electron chi connectivity index (χ0n) is 14.5. The summed E-state index contributed by atoms with van der Waals surface area (Å²) in [6, 6.07) is 1.48. The molecule has 120 valence electrons. The van der Waals surface area contributed by atoms with E-state index in [1.54, 1.807) is 0 Å². The lowest BCUT2D eigenvalue weighted by molar-refractivity contribution is 0.129. The number of hydrogen-bond acceptors (Lipinski definition) is 3. The molecular formula is C17H37N3. The molecule has 1 rings (SSSR count). The maximum atomic E-state index is 3.56. The van der Waals surface area contributed by atoms with Gasteiger partial charge in [-0.15, -0.1) is 0 Å². The van der Waals surface area contributed by atoms with Crippen molar-refractivity contribution in [2.75, 3.05) is 39.8 Å². The van der Waals surface area contributed by atoms with Crippen LogP contribution in [0.5, 0.6) is 0 Å². The zero-order valence-corrected chi connectivity index (χ0v) is 14.5. The second-order valence-electron chi connectivity index (χ2n) is 7.00. The Kier molecular flexibility index (Phi) is 8.74. The largest absolute Gasteiger partial charge is 0.316 e. The Hall–Kier alpha value is -0.120. The van der Waals surface area contributed by atoms with Gasteiger partial charge >= 0.3 is 0 Å². The molecule has 0 aromatic heterocycles. The highest BCUT2D eigenvalue weighted by Crippen LogP contribution is 2.17. The summed E-state index contributed by atoms with van der Waals surface area (Å²) in [5, 5.41) is 3.56. The monoisotopic (exact) mass is 283 g/mol. The van der Waals surface area contributed by atoms with Gasteiger partial charge in [0.2, 0.25) is 0 Å². The molecule has 0 aliphatic carbocycles. The average Bonchev–Trinajstić information content (AvgIpc) is 2.59. The minimum absolute atomic E-state index is 0.729. The Morgan fingerprint density at radius 1 is 1.20 bits per heavy atom. The minimum Gasteiger partial charge on any atom is -0.316 e. The van der Waals surface area contributed by atoms with Crippen molar-refractivity contribution in [3.8, 4) is 0 Å². The third-order valence-electron chi connectivity index (χ3n) is 4.51. The first-order valence-corrected chi connectivity index (χ1v) is 8.69.